The minimum atomic E-state index is -4.64. The number of carbonyl (C=O) groups is 1. The number of benzene rings is 2. The lowest BCUT2D eigenvalue weighted by atomic mass is 9.99. The molecule has 2 heterocycles. The Hall–Kier alpha value is -2.77. The van der Waals surface area contributed by atoms with Crippen molar-refractivity contribution in [3.05, 3.63) is 82.1 Å². The molecule has 1 aromatic heterocycles. The van der Waals surface area contributed by atoms with Crippen LogP contribution in [0.1, 0.15) is 40.2 Å². The van der Waals surface area contributed by atoms with E-state index in [-0.39, 0.29) is 23.9 Å². The van der Waals surface area contributed by atoms with E-state index < -0.39 is 17.8 Å². The van der Waals surface area contributed by atoms with Gasteiger partial charge in [0.25, 0.3) is 5.91 Å². The summed E-state index contributed by atoms with van der Waals surface area (Å²) in [5.74, 6) is -0.408. The zero-order valence-electron chi connectivity index (χ0n) is 19.0. The Kier molecular flexibility index (Phi) is 7.05. The van der Waals surface area contributed by atoms with E-state index in [1.807, 2.05) is 0 Å². The highest BCUT2D eigenvalue weighted by Crippen LogP contribution is 2.42. The van der Waals surface area contributed by atoms with E-state index in [0.29, 0.717) is 47.6 Å². The smallest absolute Gasteiger partial charge is 0.381 e. The van der Waals surface area contributed by atoms with Gasteiger partial charge in [0, 0.05) is 37.3 Å². The van der Waals surface area contributed by atoms with Crippen molar-refractivity contribution in [1.82, 2.24) is 9.47 Å². The molecule has 8 heteroatoms. The fourth-order valence-electron chi connectivity index (χ4n) is 4.67. The SMILES string of the molecule is COC1CCN(C(=O)c2c(-c3ccc(Cl)cc3)c(C)c(C(F)(F)F)n2Cc2ccccc2)CC1. The van der Waals surface area contributed by atoms with E-state index in [1.54, 1.807) is 66.6 Å². The molecule has 1 saturated heterocycles. The quantitative estimate of drug-likeness (QED) is 0.413. The maximum Gasteiger partial charge on any atom is 0.431 e. The average molecular weight is 491 g/mol. The highest BCUT2D eigenvalue weighted by molar-refractivity contribution is 6.30. The molecule has 3 aromatic rings. The van der Waals surface area contributed by atoms with Crippen molar-refractivity contribution in [2.45, 2.75) is 38.6 Å². The molecule has 0 N–H and O–H groups in total. The summed E-state index contributed by atoms with van der Waals surface area (Å²) in [5, 5.41) is 0.468. The first-order valence-corrected chi connectivity index (χ1v) is 11.5. The molecule has 1 fully saturated rings. The number of carbonyl (C=O) groups excluding carboxylic acids is 1. The van der Waals surface area contributed by atoms with Crippen LogP contribution in [0.15, 0.2) is 54.6 Å². The molecular weight excluding hydrogens is 465 g/mol. The number of nitrogens with zero attached hydrogens (tertiary/aromatic N) is 2. The van der Waals surface area contributed by atoms with Crippen LogP contribution in [-0.4, -0.2) is 41.7 Å². The molecule has 34 heavy (non-hydrogen) atoms. The number of aromatic nitrogens is 1. The predicted octanol–water partition coefficient (Wildman–Crippen LogP) is 6.44. The number of likely N-dealkylation sites (tertiary alicyclic amines) is 1. The standard InChI is InChI=1S/C26H26ClF3N2O2/c1-17-22(19-8-10-20(27)11-9-19)23(25(33)31-14-12-21(34-2)13-15-31)32(24(17)26(28,29)30)16-18-6-4-3-5-7-18/h3-11,21H,12-16H2,1-2H3. The van der Waals surface area contributed by atoms with Gasteiger partial charge in [0.05, 0.1) is 6.10 Å². The first-order chi connectivity index (χ1) is 16.2. The second-order valence-corrected chi connectivity index (χ2v) is 8.94. The zero-order valence-corrected chi connectivity index (χ0v) is 19.8. The van der Waals surface area contributed by atoms with Crippen molar-refractivity contribution in [2.24, 2.45) is 0 Å². The second-order valence-electron chi connectivity index (χ2n) is 8.50. The van der Waals surface area contributed by atoms with Crippen LogP contribution >= 0.6 is 11.6 Å². The molecule has 0 unspecified atom stereocenters. The van der Waals surface area contributed by atoms with E-state index in [9.17, 15) is 18.0 Å². The topological polar surface area (TPSA) is 34.5 Å². The van der Waals surface area contributed by atoms with Gasteiger partial charge in [-0.2, -0.15) is 13.2 Å². The first kappa shape index (κ1) is 24.4. The van der Waals surface area contributed by atoms with E-state index in [1.165, 1.54) is 6.92 Å². The van der Waals surface area contributed by atoms with Crippen LogP contribution in [0.25, 0.3) is 11.1 Å². The summed E-state index contributed by atoms with van der Waals surface area (Å²) >= 11 is 6.03. The van der Waals surface area contributed by atoms with Crippen molar-refractivity contribution >= 4 is 17.5 Å². The summed E-state index contributed by atoms with van der Waals surface area (Å²) in [6.45, 7) is 2.21. The molecule has 0 aliphatic carbocycles. The van der Waals surface area contributed by atoms with Crippen molar-refractivity contribution in [3.63, 3.8) is 0 Å². The number of halogens is 4. The van der Waals surface area contributed by atoms with Gasteiger partial charge in [-0.05, 0) is 48.6 Å². The van der Waals surface area contributed by atoms with E-state index in [2.05, 4.69) is 0 Å². The Balaban J connectivity index is 1.91. The molecule has 4 nitrogen and oxygen atoms in total. The van der Waals surface area contributed by atoms with Gasteiger partial charge in [0.1, 0.15) is 11.4 Å². The number of hydrogen-bond donors (Lipinski definition) is 0. The summed E-state index contributed by atoms with van der Waals surface area (Å²) in [4.78, 5) is 15.5. The van der Waals surface area contributed by atoms with Gasteiger partial charge in [-0.3, -0.25) is 4.79 Å². The molecule has 0 spiro atoms. The number of hydrogen-bond acceptors (Lipinski definition) is 2. The van der Waals surface area contributed by atoms with E-state index in [0.717, 1.165) is 4.57 Å². The molecule has 1 aliphatic heterocycles. The molecule has 0 bridgehead atoms. The minimum Gasteiger partial charge on any atom is -0.381 e. The summed E-state index contributed by atoms with van der Waals surface area (Å²) < 4.78 is 49.7. The lowest BCUT2D eigenvalue weighted by Gasteiger charge is -2.32. The summed E-state index contributed by atoms with van der Waals surface area (Å²) in [7, 11) is 1.63. The maximum atomic E-state index is 14.4. The van der Waals surface area contributed by atoms with Crippen LogP contribution in [0, 0.1) is 6.92 Å². The van der Waals surface area contributed by atoms with Crippen molar-refractivity contribution < 1.29 is 22.7 Å². The van der Waals surface area contributed by atoms with Crippen molar-refractivity contribution in [2.75, 3.05) is 20.2 Å². The van der Waals surface area contributed by atoms with Gasteiger partial charge in [-0.15, -0.1) is 0 Å². The molecule has 1 aliphatic rings. The largest absolute Gasteiger partial charge is 0.431 e. The second kappa shape index (κ2) is 9.84. The molecule has 0 atom stereocenters. The Morgan fingerprint density at radius 2 is 1.68 bits per heavy atom. The number of methoxy groups -OCH3 is 1. The van der Waals surface area contributed by atoms with Crippen LogP contribution in [0.2, 0.25) is 5.02 Å². The van der Waals surface area contributed by atoms with E-state index in [4.69, 9.17) is 16.3 Å². The van der Waals surface area contributed by atoms with Gasteiger partial charge >= 0.3 is 6.18 Å². The molecule has 0 saturated carbocycles. The number of alkyl halides is 3. The fourth-order valence-corrected chi connectivity index (χ4v) is 4.80. The molecule has 2 aromatic carbocycles. The van der Waals surface area contributed by atoms with Crippen LogP contribution in [-0.2, 0) is 17.5 Å². The van der Waals surface area contributed by atoms with Crippen LogP contribution < -0.4 is 0 Å². The highest BCUT2D eigenvalue weighted by atomic mass is 35.5. The predicted molar refractivity (Wildman–Crippen MR) is 126 cm³/mol. The highest BCUT2D eigenvalue weighted by Gasteiger charge is 2.42. The Morgan fingerprint density at radius 1 is 1.06 bits per heavy atom. The third-order valence-electron chi connectivity index (χ3n) is 6.36. The van der Waals surface area contributed by atoms with Gasteiger partial charge in [-0.25, -0.2) is 0 Å². The van der Waals surface area contributed by atoms with Crippen molar-refractivity contribution in [3.8, 4) is 11.1 Å². The number of ether oxygens (including phenoxy) is 1. The Bertz CT molecular complexity index is 1150. The molecule has 4 rings (SSSR count). The molecule has 1 amide bonds. The molecule has 0 radical (unpaired) electrons. The lowest BCUT2D eigenvalue weighted by Crippen LogP contribution is -2.41. The fraction of sp³-hybridized carbons (Fsp3) is 0.346. The van der Waals surface area contributed by atoms with Gasteiger partial charge in [0.2, 0.25) is 0 Å². The molecule has 180 valence electrons. The van der Waals surface area contributed by atoms with Gasteiger partial charge in [0.15, 0.2) is 0 Å². The number of rotatable bonds is 5. The number of piperidine rings is 1. The van der Waals surface area contributed by atoms with Crippen molar-refractivity contribution in [1.29, 1.82) is 0 Å². The Labute approximate surface area is 201 Å². The third-order valence-corrected chi connectivity index (χ3v) is 6.61. The minimum absolute atomic E-state index is 0.0286. The summed E-state index contributed by atoms with van der Waals surface area (Å²) in [6.07, 6.45) is -3.31. The lowest BCUT2D eigenvalue weighted by molar-refractivity contribution is -0.143. The zero-order chi connectivity index (χ0) is 24.5. The Morgan fingerprint density at radius 3 is 2.24 bits per heavy atom. The third kappa shape index (κ3) is 4.86. The monoisotopic (exact) mass is 490 g/mol. The van der Waals surface area contributed by atoms with Gasteiger partial charge < -0.3 is 14.2 Å². The normalized spacial score (nSPS) is 15.1. The first-order valence-electron chi connectivity index (χ1n) is 11.1. The van der Waals surface area contributed by atoms with E-state index >= 15 is 0 Å². The van der Waals surface area contributed by atoms with Gasteiger partial charge in [-0.1, -0.05) is 54.1 Å². The molecular formula is C26H26ClF3N2O2. The number of amides is 1. The average Bonchev–Trinajstić information content (AvgIpc) is 3.11. The van der Waals surface area contributed by atoms with Crippen LogP contribution in [0.4, 0.5) is 13.2 Å². The summed E-state index contributed by atoms with van der Waals surface area (Å²) in [6, 6.07) is 15.4. The van der Waals surface area contributed by atoms with Crippen LogP contribution in [0.5, 0.6) is 0 Å². The summed E-state index contributed by atoms with van der Waals surface area (Å²) in [5.41, 5.74) is 0.759. The van der Waals surface area contributed by atoms with Crippen LogP contribution in [0.3, 0.4) is 0 Å². The maximum absolute atomic E-state index is 14.4.